The maximum absolute atomic E-state index is 14.3. The highest BCUT2D eigenvalue weighted by Gasteiger charge is 2.65. The standard InChI is InChI=1S/C11H6F7I2NO/c12-8(9(13)14)10(15,11(16,17)18)4-1-5(19)7(21-3-22)6(20)2-4/h1-3,8-9H,(H,21,22). The van der Waals surface area contributed by atoms with Crippen molar-refractivity contribution >= 4 is 57.3 Å². The molecule has 0 aliphatic rings. The first kappa shape index (κ1) is 19.7. The van der Waals surface area contributed by atoms with Gasteiger partial charge in [0.2, 0.25) is 12.6 Å². The average molecular weight is 555 g/mol. The lowest BCUT2D eigenvalue weighted by Crippen LogP contribution is -2.49. The number of amides is 1. The summed E-state index contributed by atoms with van der Waals surface area (Å²) in [5, 5.41) is 2.17. The van der Waals surface area contributed by atoms with Crippen LogP contribution >= 0.6 is 45.2 Å². The number of halogens is 9. The van der Waals surface area contributed by atoms with Crippen molar-refractivity contribution in [1.29, 1.82) is 0 Å². The summed E-state index contributed by atoms with van der Waals surface area (Å²) < 4.78 is 90.9. The van der Waals surface area contributed by atoms with Crippen molar-refractivity contribution in [3.05, 3.63) is 24.8 Å². The molecule has 1 rings (SSSR count). The molecular weight excluding hydrogens is 549 g/mol. The van der Waals surface area contributed by atoms with E-state index in [2.05, 4.69) is 5.32 Å². The van der Waals surface area contributed by atoms with Gasteiger partial charge in [0.1, 0.15) is 0 Å². The Hall–Kier alpha value is -0.340. The molecule has 1 N–H and O–H groups in total. The molecule has 2 nitrogen and oxygen atoms in total. The van der Waals surface area contributed by atoms with Crippen molar-refractivity contribution in [3.8, 4) is 0 Å². The summed E-state index contributed by atoms with van der Waals surface area (Å²) in [4.78, 5) is 10.4. The third-order valence-corrected chi connectivity index (χ3v) is 4.38. The Balaban J connectivity index is 3.55. The van der Waals surface area contributed by atoms with E-state index in [1.54, 1.807) is 0 Å². The number of benzene rings is 1. The minimum absolute atomic E-state index is 0.0562. The number of alkyl halides is 7. The first-order valence-corrected chi connectivity index (χ1v) is 7.50. The first-order valence-electron chi connectivity index (χ1n) is 5.34. The normalized spacial score (nSPS) is 16.3. The van der Waals surface area contributed by atoms with Gasteiger partial charge >= 0.3 is 6.18 Å². The van der Waals surface area contributed by atoms with E-state index < -0.39 is 30.0 Å². The van der Waals surface area contributed by atoms with E-state index in [-0.39, 0.29) is 19.2 Å². The molecule has 1 aromatic carbocycles. The Morgan fingerprint density at radius 2 is 1.50 bits per heavy atom. The van der Waals surface area contributed by atoms with Gasteiger partial charge in [-0.3, -0.25) is 4.79 Å². The maximum atomic E-state index is 14.3. The summed E-state index contributed by atoms with van der Waals surface area (Å²) in [7, 11) is 0. The average Bonchev–Trinajstić information content (AvgIpc) is 2.39. The smallest absolute Gasteiger partial charge is 0.327 e. The molecule has 11 heteroatoms. The molecule has 0 aliphatic carbocycles. The van der Waals surface area contributed by atoms with Gasteiger partial charge in [0.25, 0.3) is 12.1 Å². The molecular formula is C11H6F7I2NO. The molecule has 22 heavy (non-hydrogen) atoms. The lowest BCUT2D eigenvalue weighted by Gasteiger charge is -2.31. The topological polar surface area (TPSA) is 29.1 Å². The van der Waals surface area contributed by atoms with Crippen LogP contribution in [-0.4, -0.2) is 25.2 Å². The van der Waals surface area contributed by atoms with Gasteiger partial charge in [-0.2, -0.15) is 13.2 Å². The van der Waals surface area contributed by atoms with Crippen LogP contribution in [0.3, 0.4) is 0 Å². The van der Waals surface area contributed by atoms with E-state index in [1.165, 1.54) is 45.2 Å². The van der Waals surface area contributed by atoms with Crippen LogP contribution in [0.15, 0.2) is 12.1 Å². The van der Waals surface area contributed by atoms with Crippen LogP contribution in [0.5, 0.6) is 0 Å². The Labute approximate surface area is 147 Å². The van der Waals surface area contributed by atoms with Crippen LogP contribution < -0.4 is 5.32 Å². The lowest BCUT2D eigenvalue weighted by atomic mass is 9.90. The molecule has 0 fully saturated rings. The highest BCUT2D eigenvalue weighted by Crippen LogP contribution is 2.49. The van der Waals surface area contributed by atoms with Crippen molar-refractivity contribution < 1.29 is 35.5 Å². The molecule has 2 unspecified atom stereocenters. The number of hydrogen-bond donors (Lipinski definition) is 1. The number of carbonyl (C=O) groups is 1. The fourth-order valence-electron chi connectivity index (χ4n) is 1.63. The minimum Gasteiger partial charge on any atom is -0.327 e. The maximum Gasteiger partial charge on any atom is 0.429 e. The Morgan fingerprint density at radius 1 is 1.05 bits per heavy atom. The molecule has 0 bridgehead atoms. The van der Waals surface area contributed by atoms with Gasteiger partial charge < -0.3 is 5.32 Å². The van der Waals surface area contributed by atoms with Crippen LogP contribution in [0, 0.1) is 7.14 Å². The summed E-state index contributed by atoms with van der Waals surface area (Å²) in [6.07, 6.45) is -13.9. The molecule has 0 aromatic heterocycles. The van der Waals surface area contributed by atoms with E-state index in [1.807, 2.05) is 0 Å². The molecule has 0 aliphatic heterocycles. The van der Waals surface area contributed by atoms with E-state index in [9.17, 15) is 35.5 Å². The van der Waals surface area contributed by atoms with Crippen molar-refractivity contribution in [2.75, 3.05) is 5.32 Å². The van der Waals surface area contributed by atoms with Crippen molar-refractivity contribution in [2.45, 2.75) is 24.4 Å². The van der Waals surface area contributed by atoms with Gasteiger partial charge in [0.15, 0.2) is 0 Å². The summed E-state index contributed by atoms with van der Waals surface area (Å²) in [5.41, 5.74) is -6.09. The van der Waals surface area contributed by atoms with Gasteiger partial charge in [0.05, 0.1) is 5.69 Å². The van der Waals surface area contributed by atoms with Crippen molar-refractivity contribution in [3.63, 3.8) is 0 Å². The second-order valence-corrected chi connectivity index (χ2v) is 6.35. The SMILES string of the molecule is O=CNc1c(I)cc(C(F)(C(F)C(F)F)C(F)(F)F)cc1I. The van der Waals surface area contributed by atoms with Crippen LogP contribution in [-0.2, 0) is 10.5 Å². The van der Waals surface area contributed by atoms with Crippen LogP contribution in [0.25, 0.3) is 0 Å². The van der Waals surface area contributed by atoms with Crippen LogP contribution in [0.2, 0.25) is 0 Å². The zero-order valence-corrected chi connectivity index (χ0v) is 14.5. The summed E-state index contributed by atoms with van der Waals surface area (Å²) in [6, 6.07) is 1.13. The monoisotopic (exact) mass is 555 g/mol. The largest absolute Gasteiger partial charge is 0.429 e. The van der Waals surface area contributed by atoms with Gasteiger partial charge in [-0.25, -0.2) is 17.6 Å². The van der Waals surface area contributed by atoms with E-state index in [4.69, 9.17) is 0 Å². The Morgan fingerprint density at radius 3 is 1.82 bits per heavy atom. The summed E-state index contributed by atoms with van der Waals surface area (Å²) in [6.45, 7) is 0. The predicted molar refractivity (Wildman–Crippen MR) is 81.3 cm³/mol. The molecule has 1 aromatic rings. The zero-order valence-electron chi connectivity index (χ0n) is 10.2. The molecule has 0 saturated carbocycles. The minimum atomic E-state index is -5.88. The quantitative estimate of drug-likeness (QED) is 0.316. The van der Waals surface area contributed by atoms with Gasteiger partial charge in [-0.05, 0) is 57.3 Å². The lowest BCUT2D eigenvalue weighted by molar-refractivity contribution is -0.269. The predicted octanol–water partition coefficient (Wildman–Crippen LogP) is 4.79. The first-order chi connectivity index (χ1) is 9.96. The third kappa shape index (κ3) is 3.59. The Bertz CT molecular complexity index is 543. The van der Waals surface area contributed by atoms with Gasteiger partial charge in [-0.1, -0.05) is 0 Å². The van der Waals surface area contributed by atoms with E-state index in [0.29, 0.717) is 12.1 Å². The number of hydrogen-bond acceptors (Lipinski definition) is 1. The molecule has 0 saturated heterocycles. The van der Waals surface area contributed by atoms with Gasteiger partial charge in [0, 0.05) is 12.7 Å². The van der Waals surface area contributed by atoms with E-state index in [0.717, 1.165) is 0 Å². The fourth-order valence-corrected chi connectivity index (χ4v) is 3.71. The number of carbonyl (C=O) groups excluding carboxylic acids is 1. The van der Waals surface area contributed by atoms with Crippen molar-refractivity contribution in [2.24, 2.45) is 0 Å². The van der Waals surface area contributed by atoms with Crippen LogP contribution in [0.1, 0.15) is 5.56 Å². The number of nitrogens with one attached hydrogen (secondary N) is 1. The summed E-state index contributed by atoms with van der Waals surface area (Å²) >= 11 is 2.95. The number of anilines is 1. The van der Waals surface area contributed by atoms with Gasteiger partial charge in [-0.15, -0.1) is 0 Å². The zero-order chi connectivity index (χ0) is 17.3. The molecule has 2 atom stereocenters. The second kappa shape index (κ2) is 7.05. The molecule has 0 heterocycles. The second-order valence-electron chi connectivity index (χ2n) is 4.02. The Kier molecular flexibility index (Phi) is 6.31. The molecule has 0 radical (unpaired) electrons. The highest BCUT2D eigenvalue weighted by atomic mass is 127. The molecule has 0 spiro atoms. The highest BCUT2D eigenvalue weighted by molar-refractivity contribution is 14.1. The van der Waals surface area contributed by atoms with Crippen LogP contribution in [0.4, 0.5) is 36.4 Å². The summed E-state index contributed by atoms with van der Waals surface area (Å²) in [5.74, 6) is 0. The van der Waals surface area contributed by atoms with Crippen molar-refractivity contribution in [1.82, 2.24) is 0 Å². The van der Waals surface area contributed by atoms with E-state index >= 15 is 0 Å². The number of rotatable bonds is 5. The fraction of sp³-hybridized carbons (Fsp3) is 0.364. The third-order valence-electron chi connectivity index (χ3n) is 2.68. The molecule has 124 valence electrons. The molecule has 1 amide bonds.